The average molecular weight is 361 g/mol. The summed E-state index contributed by atoms with van der Waals surface area (Å²) in [7, 11) is 1.77. The predicted molar refractivity (Wildman–Crippen MR) is 106 cm³/mol. The number of pyridine rings is 1. The quantitative estimate of drug-likeness (QED) is 0.727. The number of anilines is 2. The van der Waals surface area contributed by atoms with Crippen LogP contribution >= 0.6 is 0 Å². The van der Waals surface area contributed by atoms with Gasteiger partial charge < -0.3 is 10.2 Å². The molecule has 0 fully saturated rings. The molecule has 1 N–H and O–H groups in total. The van der Waals surface area contributed by atoms with E-state index < -0.39 is 0 Å². The molecule has 2 aromatic heterocycles. The summed E-state index contributed by atoms with van der Waals surface area (Å²) >= 11 is 0. The highest BCUT2D eigenvalue weighted by Crippen LogP contribution is 2.17. The lowest BCUT2D eigenvalue weighted by atomic mass is 10.1. The Kier molecular flexibility index (Phi) is 5.76. The van der Waals surface area contributed by atoms with Gasteiger partial charge in [0.2, 0.25) is 0 Å². The fourth-order valence-electron chi connectivity index (χ4n) is 2.84. The van der Waals surface area contributed by atoms with Crippen LogP contribution in [0.1, 0.15) is 27.2 Å². The van der Waals surface area contributed by atoms with E-state index in [-0.39, 0.29) is 5.91 Å². The molecule has 0 spiro atoms. The Balaban J connectivity index is 1.61. The minimum absolute atomic E-state index is 0.144. The van der Waals surface area contributed by atoms with Gasteiger partial charge in [0.25, 0.3) is 5.91 Å². The Hall–Kier alpha value is -3.28. The largest absolute Gasteiger partial charge is 0.340 e. The first-order valence-electron chi connectivity index (χ1n) is 8.83. The zero-order valence-electron chi connectivity index (χ0n) is 15.8. The molecule has 0 bridgehead atoms. The molecule has 0 aliphatic carbocycles. The van der Waals surface area contributed by atoms with Gasteiger partial charge in [-0.15, -0.1) is 0 Å². The molecule has 0 saturated carbocycles. The number of hydrogen-bond acceptors (Lipinski definition) is 5. The van der Waals surface area contributed by atoms with Gasteiger partial charge in [0.1, 0.15) is 11.5 Å². The summed E-state index contributed by atoms with van der Waals surface area (Å²) in [5, 5.41) is 3.22. The summed E-state index contributed by atoms with van der Waals surface area (Å²) in [5.74, 6) is 0.463. The van der Waals surface area contributed by atoms with E-state index >= 15 is 0 Å². The number of benzene rings is 1. The molecule has 0 aliphatic heterocycles. The standard InChI is InChI=1S/C21H23N5O/c1-15-10-16(2)12-18(11-15)25-20-14-23-19(13-24-20)21(27)26(3)9-6-17-4-7-22-8-5-17/h4-5,7-8,10-14H,6,9H2,1-3H3,(H,24,25). The van der Waals surface area contributed by atoms with E-state index in [2.05, 4.69) is 26.3 Å². The first kappa shape index (κ1) is 18.5. The highest BCUT2D eigenvalue weighted by atomic mass is 16.2. The molecule has 2 heterocycles. The van der Waals surface area contributed by atoms with Gasteiger partial charge >= 0.3 is 0 Å². The summed E-state index contributed by atoms with van der Waals surface area (Å²) in [5.41, 5.74) is 4.78. The third kappa shape index (κ3) is 5.10. The fourth-order valence-corrected chi connectivity index (χ4v) is 2.84. The van der Waals surface area contributed by atoms with Crippen LogP contribution in [0.15, 0.2) is 55.1 Å². The highest BCUT2D eigenvalue weighted by molar-refractivity contribution is 5.91. The molecule has 3 rings (SSSR count). The lowest BCUT2D eigenvalue weighted by molar-refractivity contribution is 0.0790. The molecule has 0 unspecified atom stereocenters. The van der Waals surface area contributed by atoms with Crippen LogP contribution in [0.3, 0.4) is 0 Å². The maximum atomic E-state index is 12.5. The van der Waals surface area contributed by atoms with Crippen LogP contribution in [0.25, 0.3) is 0 Å². The lowest BCUT2D eigenvalue weighted by Crippen LogP contribution is -2.29. The Morgan fingerprint density at radius 1 is 1.04 bits per heavy atom. The molecule has 138 valence electrons. The third-order valence-corrected chi connectivity index (χ3v) is 4.20. The topological polar surface area (TPSA) is 71.0 Å². The molecule has 0 radical (unpaired) electrons. The zero-order chi connectivity index (χ0) is 19.2. The first-order chi connectivity index (χ1) is 13.0. The molecule has 6 nitrogen and oxygen atoms in total. The first-order valence-corrected chi connectivity index (χ1v) is 8.83. The highest BCUT2D eigenvalue weighted by Gasteiger charge is 2.13. The molecule has 1 aromatic carbocycles. The monoisotopic (exact) mass is 361 g/mol. The van der Waals surface area contributed by atoms with Crippen molar-refractivity contribution >= 4 is 17.4 Å². The molecule has 0 atom stereocenters. The maximum absolute atomic E-state index is 12.5. The van der Waals surface area contributed by atoms with Crippen molar-refractivity contribution in [1.82, 2.24) is 19.9 Å². The van der Waals surface area contributed by atoms with Crippen molar-refractivity contribution in [2.24, 2.45) is 0 Å². The van der Waals surface area contributed by atoms with Gasteiger partial charge in [-0.2, -0.15) is 0 Å². The maximum Gasteiger partial charge on any atom is 0.273 e. The molecule has 27 heavy (non-hydrogen) atoms. The Bertz CT molecular complexity index is 889. The molecule has 1 amide bonds. The van der Waals surface area contributed by atoms with Crippen molar-refractivity contribution in [2.45, 2.75) is 20.3 Å². The number of rotatable bonds is 6. The molecule has 0 saturated heterocycles. The van der Waals surface area contributed by atoms with Crippen LogP contribution in [0.4, 0.5) is 11.5 Å². The Morgan fingerprint density at radius 2 is 1.74 bits per heavy atom. The van der Waals surface area contributed by atoms with Crippen LogP contribution in [-0.2, 0) is 6.42 Å². The van der Waals surface area contributed by atoms with Gasteiger partial charge in [0, 0.05) is 31.7 Å². The average Bonchev–Trinajstić information content (AvgIpc) is 2.66. The Morgan fingerprint density at radius 3 is 2.37 bits per heavy atom. The Labute approximate surface area is 159 Å². The van der Waals surface area contributed by atoms with Crippen molar-refractivity contribution in [1.29, 1.82) is 0 Å². The van der Waals surface area contributed by atoms with Crippen molar-refractivity contribution in [3.8, 4) is 0 Å². The number of aryl methyl sites for hydroxylation is 2. The van der Waals surface area contributed by atoms with Crippen molar-refractivity contribution < 1.29 is 4.79 Å². The second kappa shape index (κ2) is 8.40. The van der Waals surface area contributed by atoms with E-state index in [1.807, 2.05) is 38.1 Å². The van der Waals surface area contributed by atoms with Gasteiger partial charge in [-0.1, -0.05) is 6.07 Å². The predicted octanol–water partition coefficient (Wildman–Crippen LogP) is 3.55. The summed E-state index contributed by atoms with van der Waals surface area (Å²) in [6.07, 6.45) is 7.37. The minimum Gasteiger partial charge on any atom is -0.340 e. The number of amides is 1. The number of nitrogens with zero attached hydrogens (tertiary/aromatic N) is 4. The molecule has 0 aliphatic rings. The third-order valence-electron chi connectivity index (χ3n) is 4.20. The van der Waals surface area contributed by atoms with E-state index in [0.717, 1.165) is 17.7 Å². The van der Waals surface area contributed by atoms with Gasteiger partial charge in [-0.25, -0.2) is 9.97 Å². The number of carbonyl (C=O) groups is 1. The SMILES string of the molecule is Cc1cc(C)cc(Nc2cnc(C(=O)N(C)CCc3ccncc3)cn2)c1. The lowest BCUT2D eigenvalue weighted by Gasteiger charge is -2.16. The van der Waals surface area contributed by atoms with Gasteiger partial charge in [0.15, 0.2) is 0 Å². The summed E-state index contributed by atoms with van der Waals surface area (Å²) in [6.45, 7) is 4.70. The van der Waals surface area contributed by atoms with Crippen molar-refractivity contribution in [3.05, 3.63) is 77.5 Å². The van der Waals surface area contributed by atoms with Gasteiger partial charge in [0.05, 0.1) is 12.4 Å². The van der Waals surface area contributed by atoms with Crippen LogP contribution in [0.5, 0.6) is 0 Å². The van der Waals surface area contributed by atoms with Gasteiger partial charge in [-0.3, -0.25) is 9.78 Å². The zero-order valence-corrected chi connectivity index (χ0v) is 15.8. The molecular weight excluding hydrogens is 338 g/mol. The van der Waals surface area contributed by atoms with E-state index in [1.165, 1.54) is 17.3 Å². The molecular formula is C21H23N5O. The van der Waals surface area contributed by atoms with Crippen LogP contribution < -0.4 is 5.32 Å². The summed E-state index contributed by atoms with van der Waals surface area (Å²) in [6, 6.07) is 10.1. The number of aromatic nitrogens is 3. The number of carbonyl (C=O) groups excluding carboxylic acids is 1. The van der Waals surface area contributed by atoms with Crippen molar-refractivity contribution in [2.75, 3.05) is 18.9 Å². The van der Waals surface area contributed by atoms with E-state index in [0.29, 0.717) is 18.1 Å². The second-order valence-electron chi connectivity index (χ2n) is 6.62. The number of nitrogens with one attached hydrogen (secondary N) is 1. The van der Waals surface area contributed by atoms with Crippen molar-refractivity contribution in [3.63, 3.8) is 0 Å². The molecule has 6 heteroatoms. The fraction of sp³-hybridized carbons (Fsp3) is 0.238. The van der Waals surface area contributed by atoms with Crippen LogP contribution in [0, 0.1) is 13.8 Å². The van der Waals surface area contributed by atoms with Gasteiger partial charge in [-0.05, 0) is 61.2 Å². The van der Waals surface area contributed by atoms with Crippen LogP contribution in [-0.4, -0.2) is 39.4 Å². The second-order valence-corrected chi connectivity index (χ2v) is 6.62. The normalized spacial score (nSPS) is 10.5. The van der Waals surface area contributed by atoms with E-state index in [1.54, 1.807) is 30.5 Å². The number of likely N-dealkylation sites (N-methyl/N-ethyl adjacent to an activating group) is 1. The van der Waals surface area contributed by atoms with E-state index in [9.17, 15) is 4.79 Å². The molecule has 3 aromatic rings. The minimum atomic E-state index is -0.144. The van der Waals surface area contributed by atoms with E-state index in [4.69, 9.17) is 0 Å². The summed E-state index contributed by atoms with van der Waals surface area (Å²) in [4.78, 5) is 26.8. The smallest absolute Gasteiger partial charge is 0.273 e. The summed E-state index contributed by atoms with van der Waals surface area (Å²) < 4.78 is 0. The van der Waals surface area contributed by atoms with Crippen LogP contribution in [0.2, 0.25) is 0 Å². The number of hydrogen-bond donors (Lipinski definition) is 1.